The maximum absolute atomic E-state index is 13.3. The summed E-state index contributed by atoms with van der Waals surface area (Å²) < 4.78 is 67.2. The molecule has 3 aromatic rings. The summed E-state index contributed by atoms with van der Waals surface area (Å²) >= 11 is 0. The van der Waals surface area contributed by atoms with E-state index in [4.69, 9.17) is 0 Å². The first kappa shape index (κ1) is 28.7. The summed E-state index contributed by atoms with van der Waals surface area (Å²) in [5, 5.41) is 15.0. The Hall–Kier alpha value is -3.90. The number of urea groups is 1. The number of carbonyl (C=O) groups is 2. The number of sulfonamides is 1. The van der Waals surface area contributed by atoms with Crippen molar-refractivity contribution in [3.63, 3.8) is 0 Å². The number of carbonyl (C=O) groups excluding carboxylic acids is 1. The van der Waals surface area contributed by atoms with E-state index >= 15 is 0 Å². The Kier molecular flexibility index (Phi) is 9.13. The maximum atomic E-state index is 13.3. The van der Waals surface area contributed by atoms with Crippen LogP contribution in [0.15, 0.2) is 77.7 Å². The lowest BCUT2D eigenvalue weighted by Gasteiger charge is -2.18. The molecule has 0 aliphatic heterocycles. The van der Waals surface area contributed by atoms with Gasteiger partial charge in [0.15, 0.2) is 0 Å². The zero-order chi connectivity index (χ0) is 27.9. The number of benzene rings is 3. The van der Waals surface area contributed by atoms with Gasteiger partial charge in [-0.25, -0.2) is 13.2 Å². The smallest absolute Gasteiger partial charge is 0.417 e. The third-order valence-corrected chi connectivity index (χ3v) is 6.99. The van der Waals surface area contributed by atoms with E-state index in [0.717, 1.165) is 35.7 Å². The van der Waals surface area contributed by atoms with Crippen molar-refractivity contribution in [2.24, 2.45) is 0 Å². The minimum atomic E-state index is -4.94. The van der Waals surface area contributed by atoms with Gasteiger partial charge in [-0.3, -0.25) is 4.79 Å². The highest BCUT2D eigenvalue weighted by Crippen LogP contribution is 2.34. The fourth-order valence-electron chi connectivity index (χ4n) is 3.62. The molecule has 3 rings (SSSR count). The predicted molar refractivity (Wildman–Crippen MR) is 136 cm³/mol. The molecule has 1 atom stereocenters. The maximum Gasteiger partial charge on any atom is 0.417 e. The molecule has 0 aliphatic rings. The summed E-state index contributed by atoms with van der Waals surface area (Å²) in [5.41, 5.74) is 1.14. The fourth-order valence-corrected chi connectivity index (χ4v) is 5.04. The van der Waals surface area contributed by atoms with Crippen molar-refractivity contribution in [2.45, 2.75) is 36.9 Å². The Labute approximate surface area is 217 Å². The van der Waals surface area contributed by atoms with Crippen LogP contribution in [0.1, 0.15) is 24.5 Å². The predicted octanol–water partition coefficient (Wildman–Crippen LogP) is 4.88. The average molecular weight is 550 g/mol. The molecule has 0 radical (unpaired) electrons. The molecule has 0 saturated carbocycles. The number of carboxylic acid groups (broad SMARTS) is 1. The van der Waals surface area contributed by atoms with Gasteiger partial charge in [0.2, 0.25) is 10.0 Å². The van der Waals surface area contributed by atoms with Crippen molar-refractivity contribution in [3.8, 4) is 11.1 Å². The molecule has 202 valence electrons. The second-order valence-electron chi connectivity index (χ2n) is 8.37. The fraction of sp³-hybridized carbons (Fsp3) is 0.231. The summed E-state index contributed by atoms with van der Waals surface area (Å²) in [6.45, 7) is 2.47. The Bertz CT molecular complexity index is 1390. The van der Waals surface area contributed by atoms with Gasteiger partial charge in [-0.15, -0.1) is 0 Å². The number of carboxylic acids is 1. The molecule has 2 amide bonds. The van der Waals surface area contributed by atoms with Gasteiger partial charge in [0.05, 0.1) is 10.5 Å². The highest BCUT2D eigenvalue weighted by molar-refractivity contribution is 7.89. The lowest BCUT2D eigenvalue weighted by atomic mass is 10.0. The molecule has 0 aromatic heterocycles. The molecular weight excluding hydrogens is 523 g/mol. The second kappa shape index (κ2) is 12.1. The molecule has 0 bridgehead atoms. The van der Waals surface area contributed by atoms with E-state index in [1.165, 1.54) is 0 Å². The van der Waals surface area contributed by atoms with Crippen LogP contribution in [0.5, 0.6) is 0 Å². The van der Waals surface area contributed by atoms with Crippen LogP contribution in [0, 0.1) is 0 Å². The second-order valence-corrected chi connectivity index (χ2v) is 10.1. The molecular formula is C26H26F3N3O5S. The summed E-state index contributed by atoms with van der Waals surface area (Å²) in [4.78, 5) is 22.6. The van der Waals surface area contributed by atoms with Crippen molar-refractivity contribution >= 4 is 27.7 Å². The van der Waals surface area contributed by atoms with Gasteiger partial charge in [0.25, 0.3) is 0 Å². The molecule has 8 nitrogen and oxygen atoms in total. The summed E-state index contributed by atoms with van der Waals surface area (Å²) in [7, 11) is -4.80. The van der Waals surface area contributed by atoms with Gasteiger partial charge in [0.1, 0.15) is 6.04 Å². The van der Waals surface area contributed by atoms with E-state index in [-0.39, 0.29) is 12.5 Å². The molecule has 38 heavy (non-hydrogen) atoms. The quantitative estimate of drug-likeness (QED) is 0.287. The summed E-state index contributed by atoms with van der Waals surface area (Å²) in [5.74, 6) is -1.54. The van der Waals surface area contributed by atoms with Crippen LogP contribution in [0.4, 0.5) is 23.7 Å². The van der Waals surface area contributed by atoms with Crippen LogP contribution in [-0.2, 0) is 27.4 Å². The number of anilines is 1. The highest BCUT2D eigenvalue weighted by Gasteiger charge is 2.38. The lowest BCUT2D eigenvalue weighted by Crippen LogP contribution is -2.42. The number of hydrogen-bond donors (Lipinski definition) is 4. The Balaban J connectivity index is 1.76. The van der Waals surface area contributed by atoms with Crippen LogP contribution in [0.2, 0.25) is 0 Å². The number of amides is 2. The first-order valence-electron chi connectivity index (χ1n) is 11.6. The van der Waals surface area contributed by atoms with Crippen LogP contribution in [0.25, 0.3) is 11.1 Å². The topological polar surface area (TPSA) is 125 Å². The van der Waals surface area contributed by atoms with E-state index in [1.807, 2.05) is 17.7 Å². The lowest BCUT2D eigenvalue weighted by molar-refractivity contribution is -0.140. The van der Waals surface area contributed by atoms with Crippen LogP contribution in [0.3, 0.4) is 0 Å². The van der Waals surface area contributed by atoms with Gasteiger partial charge >= 0.3 is 18.2 Å². The third-order valence-electron chi connectivity index (χ3n) is 5.46. The largest absolute Gasteiger partial charge is 0.480 e. The summed E-state index contributed by atoms with van der Waals surface area (Å²) in [6.07, 6.45) is -4.45. The van der Waals surface area contributed by atoms with E-state index in [9.17, 15) is 36.3 Å². The van der Waals surface area contributed by atoms with Crippen molar-refractivity contribution in [3.05, 3.63) is 83.9 Å². The number of nitrogens with one attached hydrogen (secondary N) is 3. The van der Waals surface area contributed by atoms with Crippen LogP contribution >= 0.6 is 0 Å². The zero-order valence-electron chi connectivity index (χ0n) is 20.2. The van der Waals surface area contributed by atoms with Crippen LogP contribution in [-0.4, -0.2) is 38.1 Å². The minimum absolute atomic E-state index is 0.303. The molecule has 0 fully saturated rings. The normalized spacial score (nSPS) is 12.5. The number of aliphatic carboxylic acids is 1. The van der Waals surface area contributed by atoms with Gasteiger partial charge < -0.3 is 15.7 Å². The number of halogens is 3. The number of alkyl halides is 3. The van der Waals surface area contributed by atoms with Crippen LogP contribution < -0.4 is 15.4 Å². The van der Waals surface area contributed by atoms with E-state index in [0.29, 0.717) is 23.9 Å². The number of rotatable bonds is 10. The molecule has 0 saturated heterocycles. The van der Waals surface area contributed by atoms with E-state index in [1.54, 1.807) is 42.5 Å². The molecule has 3 aromatic carbocycles. The van der Waals surface area contributed by atoms with E-state index in [2.05, 4.69) is 10.6 Å². The summed E-state index contributed by atoms with van der Waals surface area (Å²) in [6, 6.07) is 15.1. The molecule has 0 aliphatic carbocycles. The van der Waals surface area contributed by atoms with Crippen molar-refractivity contribution in [1.82, 2.24) is 10.0 Å². The average Bonchev–Trinajstić information content (AvgIpc) is 2.87. The molecule has 12 heteroatoms. The standard InChI is InChI=1S/C26H26F3N3O5S/c1-2-14-30-25(35)31-20-7-5-6-19(16-20)18-12-10-17(11-13-18)15-22(24(33)34)32-38(36,37)23-9-4-3-8-21(23)26(27,28)29/h3-13,16,22,32H,2,14-15H2,1H3,(H,33,34)(H2,30,31,35)/t22-/m0/s1. The zero-order valence-corrected chi connectivity index (χ0v) is 21.1. The van der Waals surface area contributed by atoms with Gasteiger partial charge in [-0.1, -0.05) is 55.5 Å². The molecule has 0 heterocycles. The Morgan fingerprint density at radius 1 is 0.947 bits per heavy atom. The first-order valence-corrected chi connectivity index (χ1v) is 13.0. The van der Waals surface area contributed by atoms with Crippen molar-refractivity contribution in [1.29, 1.82) is 0 Å². The first-order chi connectivity index (χ1) is 17.9. The highest BCUT2D eigenvalue weighted by atomic mass is 32.2. The van der Waals surface area contributed by atoms with Gasteiger partial charge in [-0.05, 0) is 53.8 Å². The Morgan fingerprint density at radius 3 is 2.26 bits per heavy atom. The minimum Gasteiger partial charge on any atom is -0.480 e. The van der Waals surface area contributed by atoms with Crippen molar-refractivity contribution < 1.29 is 36.3 Å². The molecule has 0 spiro atoms. The molecule has 0 unspecified atom stereocenters. The van der Waals surface area contributed by atoms with Gasteiger partial charge in [-0.2, -0.15) is 17.9 Å². The molecule has 4 N–H and O–H groups in total. The number of hydrogen-bond acceptors (Lipinski definition) is 4. The monoisotopic (exact) mass is 549 g/mol. The van der Waals surface area contributed by atoms with Gasteiger partial charge in [0, 0.05) is 12.2 Å². The SMILES string of the molecule is CCCNC(=O)Nc1cccc(-c2ccc(C[C@H](NS(=O)(=O)c3ccccc3C(F)(F)F)C(=O)O)cc2)c1. The van der Waals surface area contributed by atoms with Crippen molar-refractivity contribution in [2.75, 3.05) is 11.9 Å². The third kappa shape index (κ3) is 7.56. The Morgan fingerprint density at radius 2 is 1.63 bits per heavy atom. The van der Waals surface area contributed by atoms with E-state index < -0.39 is 38.7 Å².